The minimum absolute atomic E-state index is 0.390. The van der Waals surface area contributed by atoms with Gasteiger partial charge in [0.2, 0.25) is 3.79 Å². The third-order valence-corrected chi connectivity index (χ3v) is 2.63. The molecule has 0 spiro atoms. The van der Waals surface area contributed by atoms with Gasteiger partial charge in [-0.2, -0.15) is 0 Å². The highest BCUT2D eigenvalue weighted by Crippen LogP contribution is 2.43. The Kier molecular flexibility index (Phi) is 3.77. The number of hydrogen-bond donors (Lipinski definition) is 0. The molecule has 14 heavy (non-hydrogen) atoms. The molecule has 0 N–H and O–H groups in total. The van der Waals surface area contributed by atoms with E-state index in [2.05, 4.69) is 0 Å². The molecule has 0 heterocycles. The molecular weight excluding hydrogens is 299 g/mol. The van der Waals surface area contributed by atoms with Gasteiger partial charge in [0.15, 0.2) is 11.6 Å². The lowest BCUT2D eigenvalue weighted by Gasteiger charge is -2.13. The highest BCUT2D eigenvalue weighted by molar-refractivity contribution is 6.66. The molecule has 0 bridgehead atoms. The Balaban J connectivity index is 3.49. The van der Waals surface area contributed by atoms with Crippen molar-refractivity contribution < 1.29 is 8.78 Å². The fourth-order valence-electron chi connectivity index (χ4n) is 0.779. The summed E-state index contributed by atoms with van der Waals surface area (Å²) in [6.45, 7) is 0. The molecule has 0 fully saturated rings. The molecule has 0 unspecified atom stereocenters. The lowest BCUT2D eigenvalue weighted by molar-refractivity contribution is 0.575. The summed E-state index contributed by atoms with van der Waals surface area (Å²) in [7, 11) is 0. The molecule has 0 saturated heterocycles. The van der Waals surface area contributed by atoms with Crippen LogP contribution in [0.4, 0.5) is 8.78 Å². The Bertz CT molecular complexity index is 371. The molecule has 78 valence electrons. The second-order valence-electron chi connectivity index (χ2n) is 2.35. The summed E-state index contributed by atoms with van der Waals surface area (Å²) < 4.78 is 24.1. The Morgan fingerprint density at radius 3 is 1.93 bits per heavy atom. The topological polar surface area (TPSA) is 0 Å². The lowest BCUT2D eigenvalue weighted by Crippen LogP contribution is -2.05. The first-order valence-corrected chi connectivity index (χ1v) is 5.04. The van der Waals surface area contributed by atoms with E-state index in [1.807, 2.05) is 0 Å². The van der Waals surface area contributed by atoms with E-state index in [9.17, 15) is 8.78 Å². The average molecular weight is 300 g/mol. The molecule has 1 aromatic carbocycles. The predicted octanol–water partition coefficient (Wildman–Crippen LogP) is 5.10. The summed E-state index contributed by atoms with van der Waals surface area (Å²) in [6, 6.07) is 0.880. The van der Waals surface area contributed by atoms with Gasteiger partial charge in [0, 0.05) is 5.56 Å². The SMILES string of the molecule is Fc1c(Cl)cc(C(Cl)(Cl)Cl)c(F)c1Cl. The van der Waals surface area contributed by atoms with Crippen molar-refractivity contribution in [3.05, 3.63) is 33.3 Å². The minimum atomic E-state index is -2.04. The maximum Gasteiger partial charge on any atom is 0.218 e. The van der Waals surface area contributed by atoms with Crippen molar-refractivity contribution in [3.63, 3.8) is 0 Å². The molecule has 0 aromatic heterocycles. The van der Waals surface area contributed by atoms with E-state index in [1.54, 1.807) is 0 Å². The van der Waals surface area contributed by atoms with Crippen molar-refractivity contribution in [2.45, 2.75) is 3.79 Å². The van der Waals surface area contributed by atoms with Crippen molar-refractivity contribution in [2.24, 2.45) is 0 Å². The van der Waals surface area contributed by atoms with Gasteiger partial charge in [-0.1, -0.05) is 58.0 Å². The molecule has 0 saturated carbocycles. The minimum Gasteiger partial charge on any atom is -0.205 e. The number of benzene rings is 1. The van der Waals surface area contributed by atoms with E-state index >= 15 is 0 Å². The largest absolute Gasteiger partial charge is 0.218 e. The number of hydrogen-bond acceptors (Lipinski definition) is 0. The van der Waals surface area contributed by atoms with Crippen LogP contribution in [0.15, 0.2) is 6.07 Å². The van der Waals surface area contributed by atoms with Gasteiger partial charge in [-0.15, -0.1) is 0 Å². The highest BCUT2D eigenvalue weighted by Gasteiger charge is 2.30. The van der Waals surface area contributed by atoms with Crippen LogP contribution in [0, 0.1) is 11.6 Å². The Labute approximate surface area is 104 Å². The van der Waals surface area contributed by atoms with E-state index in [4.69, 9.17) is 58.0 Å². The number of alkyl halides is 3. The second-order valence-corrected chi connectivity index (χ2v) is 5.41. The zero-order chi connectivity index (χ0) is 11.1. The molecule has 1 aromatic rings. The van der Waals surface area contributed by atoms with Crippen molar-refractivity contribution in [2.75, 3.05) is 0 Å². The van der Waals surface area contributed by atoms with E-state index < -0.39 is 25.5 Å². The maximum absolute atomic E-state index is 13.3. The molecule has 0 aliphatic rings. The first kappa shape index (κ1) is 12.6. The zero-order valence-corrected chi connectivity index (χ0v) is 10.0. The Morgan fingerprint density at radius 2 is 1.50 bits per heavy atom. The summed E-state index contributed by atoms with van der Waals surface area (Å²) in [5.74, 6) is -2.21. The Morgan fingerprint density at radius 1 is 1.00 bits per heavy atom. The van der Waals surface area contributed by atoms with E-state index in [1.165, 1.54) is 0 Å². The fraction of sp³-hybridized carbons (Fsp3) is 0.143. The summed E-state index contributed by atoms with van der Waals surface area (Å²) in [5.41, 5.74) is -0.390. The van der Waals surface area contributed by atoms with E-state index in [0.29, 0.717) is 0 Å². The molecular formula is C7HCl5F2. The molecule has 0 aliphatic heterocycles. The number of halogens is 7. The Hall–Kier alpha value is 0.530. The quantitative estimate of drug-likeness (QED) is 0.355. The monoisotopic (exact) mass is 298 g/mol. The summed E-state index contributed by atoms with van der Waals surface area (Å²) in [6.07, 6.45) is 0. The van der Waals surface area contributed by atoms with Crippen LogP contribution >= 0.6 is 58.0 Å². The normalized spacial score (nSPS) is 11.9. The second kappa shape index (κ2) is 4.18. The van der Waals surface area contributed by atoms with Gasteiger partial charge in [-0.05, 0) is 6.07 Å². The summed E-state index contributed by atoms with van der Waals surface area (Å²) in [4.78, 5) is 0. The van der Waals surface area contributed by atoms with Gasteiger partial charge in [-0.3, -0.25) is 0 Å². The van der Waals surface area contributed by atoms with E-state index in [0.717, 1.165) is 6.07 Å². The fourth-order valence-corrected chi connectivity index (χ4v) is 1.65. The van der Waals surface area contributed by atoms with Crippen molar-refractivity contribution in [3.8, 4) is 0 Å². The van der Waals surface area contributed by atoms with Gasteiger partial charge in [0.25, 0.3) is 0 Å². The molecule has 0 aliphatic carbocycles. The summed E-state index contributed by atoms with van der Waals surface area (Å²) in [5, 5.41) is -1.20. The van der Waals surface area contributed by atoms with Gasteiger partial charge in [0.05, 0.1) is 5.02 Å². The molecule has 7 heteroatoms. The van der Waals surface area contributed by atoms with Gasteiger partial charge in [-0.25, -0.2) is 8.78 Å². The van der Waals surface area contributed by atoms with Crippen molar-refractivity contribution >= 4 is 58.0 Å². The van der Waals surface area contributed by atoms with Crippen LogP contribution < -0.4 is 0 Å². The molecule has 0 nitrogen and oxygen atoms in total. The zero-order valence-electron chi connectivity index (χ0n) is 6.22. The van der Waals surface area contributed by atoms with Crippen molar-refractivity contribution in [1.82, 2.24) is 0 Å². The molecule has 1 rings (SSSR count). The van der Waals surface area contributed by atoms with Gasteiger partial charge in [0.1, 0.15) is 5.02 Å². The standard InChI is InChI=1S/C7HCl5F2/c8-3-1-2(7(10,11)12)5(13)4(9)6(3)14/h1H. The van der Waals surface area contributed by atoms with Gasteiger partial charge >= 0.3 is 0 Å². The third-order valence-electron chi connectivity index (χ3n) is 1.41. The third kappa shape index (κ3) is 2.37. The van der Waals surface area contributed by atoms with Crippen LogP contribution in [0.2, 0.25) is 10.0 Å². The molecule has 0 amide bonds. The van der Waals surface area contributed by atoms with Crippen molar-refractivity contribution in [1.29, 1.82) is 0 Å². The van der Waals surface area contributed by atoms with Crippen LogP contribution in [-0.4, -0.2) is 0 Å². The maximum atomic E-state index is 13.3. The average Bonchev–Trinajstić information content (AvgIpc) is 2.06. The predicted molar refractivity (Wildman–Crippen MR) is 55.6 cm³/mol. The van der Waals surface area contributed by atoms with Crippen LogP contribution in [0.1, 0.15) is 5.56 Å². The first-order valence-electron chi connectivity index (χ1n) is 3.15. The lowest BCUT2D eigenvalue weighted by atomic mass is 10.2. The highest BCUT2D eigenvalue weighted by atomic mass is 35.6. The number of rotatable bonds is 0. The first-order chi connectivity index (χ1) is 6.25. The smallest absolute Gasteiger partial charge is 0.205 e. The molecule has 0 atom stereocenters. The van der Waals surface area contributed by atoms with Crippen LogP contribution in [-0.2, 0) is 3.79 Å². The molecule has 0 radical (unpaired) electrons. The van der Waals surface area contributed by atoms with Crippen LogP contribution in [0.5, 0.6) is 0 Å². The van der Waals surface area contributed by atoms with E-state index in [-0.39, 0.29) is 5.56 Å². The van der Waals surface area contributed by atoms with Gasteiger partial charge < -0.3 is 0 Å². The summed E-state index contributed by atoms with van der Waals surface area (Å²) >= 11 is 26.9. The van der Waals surface area contributed by atoms with Crippen LogP contribution in [0.25, 0.3) is 0 Å². The van der Waals surface area contributed by atoms with Crippen LogP contribution in [0.3, 0.4) is 0 Å².